The molecule has 4 aromatic heterocycles. The minimum atomic E-state index is -0.521. The van der Waals surface area contributed by atoms with Gasteiger partial charge in [0.05, 0.1) is 14.2 Å². The molecule has 6 heterocycles. The van der Waals surface area contributed by atoms with Crippen LogP contribution in [0.4, 0.5) is 23.3 Å². The van der Waals surface area contributed by atoms with E-state index in [-0.39, 0.29) is 0 Å². The van der Waals surface area contributed by atoms with Crippen LogP contribution < -0.4 is 51.6 Å². The van der Waals surface area contributed by atoms with Crippen molar-refractivity contribution in [2.24, 2.45) is 14.1 Å². The minimum absolute atomic E-state index is 0.329. The number of benzene rings is 2. The van der Waals surface area contributed by atoms with Crippen LogP contribution in [-0.2, 0) is 27.2 Å². The normalized spacial score (nSPS) is 15.0. The molecule has 18 heteroatoms. The monoisotopic (exact) mass is 766 g/mol. The van der Waals surface area contributed by atoms with Crippen molar-refractivity contribution in [2.45, 2.75) is 25.9 Å². The van der Waals surface area contributed by atoms with Crippen molar-refractivity contribution in [1.82, 2.24) is 38.2 Å². The summed E-state index contributed by atoms with van der Waals surface area (Å²) in [6.07, 6.45) is 1.25. The van der Waals surface area contributed by atoms with Gasteiger partial charge in [-0.2, -0.15) is 9.97 Å². The Morgan fingerprint density at radius 2 is 0.875 bits per heavy atom. The highest BCUT2D eigenvalue weighted by molar-refractivity contribution is 5.75. The van der Waals surface area contributed by atoms with Gasteiger partial charge in [-0.25, -0.2) is 9.59 Å². The van der Waals surface area contributed by atoms with Crippen LogP contribution in [0.1, 0.15) is 12.8 Å². The van der Waals surface area contributed by atoms with Crippen LogP contribution in [0, 0.1) is 0 Å². The maximum absolute atomic E-state index is 13.3. The summed E-state index contributed by atoms with van der Waals surface area (Å²) in [5.74, 6) is 2.87. The molecule has 18 nitrogen and oxygen atoms in total. The Kier molecular flexibility index (Phi) is 9.78. The zero-order valence-electron chi connectivity index (χ0n) is 32.0. The topological polar surface area (TPSA) is 177 Å². The van der Waals surface area contributed by atoms with Crippen LogP contribution in [-0.4, -0.2) is 105 Å². The minimum Gasteiger partial charge on any atom is -0.497 e. The third-order valence-electron chi connectivity index (χ3n) is 11.0. The lowest BCUT2D eigenvalue weighted by atomic mass is 10.2. The molecule has 2 aliphatic rings. The van der Waals surface area contributed by atoms with Gasteiger partial charge in [-0.1, -0.05) is 0 Å². The lowest BCUT2D eigenvalue weighted by molar-refractivity contribution is 0.414. The van der Waals surface area contributed by atoms with Crippen molar-refractivity contribution in [1.29, 1.82) is 0 Å². The van der Waals surface area contributed by atoms with E-state index in [0.29, 0.717) is 86.3 Å². The number of hydrogen-bond acceptors (Lipinski definition) is 12. The highest BCUT2D eigenvalue weighted by atomic mass is 16.5. The van der Waals surface area contributed by atoms with E-state index in [9.17, 15) is 19.2 Å². The number of aryl methyl sites for hydroxylation is 4. The highest BCUT2D eigenvalue weighted by Gasteiger charge is 2.27. The van der Waals surface area contributed by atoms with Crippen LogP contribution in [0.15, 0.2) is 67.7 Å². The number of nitrogens with one attached hydrogen (secondary N) is 2. The molecule has 0 saturated carbocycles. The molecule has 294 valence electrons. The number of nitrogens with zero attached hydrogens (tertiary/aromatic N) is 10. The predicted molar refractivity (Wildman–Crippen MR) is 215 cm³/mol. The average Bonchev–Trinajstić information content (AvgIpc) is 3.81. The second-order valence-corrected chi connectivity index (χ2v) is 14.2. The van der Waals surface area contributed by atoms with Gasteiger partial charge in [-0.15, -0.1) is 0 Å². The van der Waals surface area contributed by atoms with E-state index in [4.69, 9.17) is 19.4 Å². The fraction of sp³-hybridized carbons (Fsp3) is 0.421. The Labute approximate surface area is 320 Å². The zero-order chi connectivity index (χ0) is 39.1. The summed E-state index contributed by atoms with van der Waals surface area (Å²) in [4.78, 5) is 75.4. The number of piperazine rings is 2. The Morgan fingerprint density at radius 3 is 1.21 bits per heavy atom. The molecule has 6 aromatic rings. The van der Waals surface area contributed by atoms with E-state index < -0.39 is 22.5 Å². The summed E-state index contributed by atoms with van der Waals surface area (Å²) in [5.41, 5.74) is 1.53. The predicted octanol–water partition coefficient (Wildman–Crippen LogP) is 1.31. The standard InChI is InChI=1S/C38H46N12O6/c1-43-31-29(33(51)41-37(43)53)49(35(39-31)47-21-17-45(18-22-47)25-7-11-27(55-3)12-8-25)15-5-6-16-50-30-32(44(2)38(54)42-34(30)52)40-36(50)48-23-19-46(20-24-48)26-9-13-28(56-4)14-10-26/h7-14H,5-6,15-24H2,1-4H3,(H,41,51,53)(H,42,52,54). The van der Waals surface area contributed by atoms with Crippen molar-refractivity contribution < 1.29 is 9.47 Å². The Bertz CT molecular complexity index is 2420. The van der Waals surface area contributed by atoms with Gasteiger partial charge < -0.3 is 38.2 Å². The number of hydrogen-bond donors (Lipinski definition) is 2. The van der Waals surface area contributed by atoms with E-state index in [1.54, 1.807) is 28.3 Å². The molecular weight excluding hydrogens is 720 g/mol. The molecule has 0 amide bonds. The van der Waals surface area contributed by atoms with E-state index in [1.807, 2.05) is 57.7 Å². The largest absolute Gasteiger partial charge is 0.497 e. The van der Waals surface area contributed by atoms with Crippen LogP contribution in [0.2, 0.25) is 0 Å². The van der Waals surface area contributed by atoms with Gasteiger partial charge in [0.25, 0.3) is 11.1 Å². The molecule has 0 spiro atoms. The number of aromatic nitrogens is 8. The first-order valence-corrected chi connectivity index (χ1v) is 18.8. The molecule has 0 atom stereocenters. The van der Waals surface area contributed by atoms with Crippen LogP contribution in [0.25, 0.3) is 22.3 Å². The summed E-state index contributed by atoms with van der Waals surface area (Å²) in [6, 6.07) is 16.0. The van der Waals surface area contributed by atoms with E-state index in [2.05, 4.69) is 29.6 Å². The summed E-state index contributed by atoms with van der Waals surface area (Å²) >= 11 is 0. The summed E-state index contributed by atoms with van der Waals surface area (Å²) in [5, 5.41) is 0. The lowest BCUT2D eigenvalue weighted by Gasteiger charge is -2.37. The lowest BCUT2D eigenvalue weighted by Crippen LogP contribution is -2.47. The Hall–Kier alpha value is -6.46. The van der Waals surface area contributed by atoms with Crippen molar-refractivity contribution in [3.63, 3.8) is 0 Å². The zero-order valence-corrected chi connectivity index (χ0v) is 32.0. The van der Waals surface area contributed by atoms with Gasteiger partial charge in [-0.3, -0.25) is 28.7 Å². The maximum Gasteiger partial charge on any atom is 0.329 e. The van der Waals surface area contributed by atoms with Gasteiger partial charge >= 0.3 is 11.4 Å². The van der Waals surface area contributed by atoms with Crippen LogP contribution in [0.3, 0.4) is 0 Å². The van der Waals surface area contributed by atoms with E-state index in [0.717, 1.165) is 49.1 Å². The number of anilines is 4. The number of imidazole rings is 2. The molecule has 0 unspecified atom stereocenters. The number of aromatic amines is 2. The SMILES string of the molecule is COc1ccc(N2CCN(c3nc4c(c(=O)[nH]c(=O)n4C)n3CCCCn3c(N4CCN(c5ccc(OC)cc5)CC4)nc4c3c(=O)[nH]c(=O)n4C)CC2)cc1. The molecule has 0 radical (unpaired) electrons. The molecule has 0 aliphatic carbocycles. The molecular formula is C38H46N12O6. The van der Waals surface area contributed by atoms with Gasteiger partial charge in [0.15, 0.2) is 22.3 Å². The second-order valence-electron chi connectivity index (χ2n) is 14.2. The quantitative estimate of drug-likeness (QED) is 0.181. The van der Waals surface area contributed by atoms with Gasteiger partial charge in [-0.05, 0) is 61.4 Å². The first kappa shape index (κ1) is 36.5. The molecule has 2 aromatic carbocycles. The van der Waals surface area contributed by atoms with Crippen molar-refractivity contribution >= 4 is 45.6 Å². The van der Waals surface area contributed by atoms with Crippen molar-refractivity contribution in [3.05, 3.63) is 90.2 Å². The highest BCUT2D eigenvalue weighted by Crippen LogP contribution is 2.27. The fourth-order valence-electron chi connectivity index (χ4n) is 7.81. The molecule has 2 saturated heterocycles. The summed E-state index contributed by atoms with van der Waals surface area (Å²) < 4.78 is 17.2. The number of H-pyrrole nitrogens is 2. The van der Waals surface area contributed by atoms with E-state index >= 15 is 0 Å². The van der Waals surface area contributed by atoms with E-state index in [1.165, 1.54) is 9.13 Å². The molecule has 2 N–H and O–H groups in total. The molecule has 8 rings (SSSR count). The molecule has 2 fully saturated rings. The summed E-state index contributed by atoms with van der Waals surface area (Å²) in [6.45, 7) is 6.53. The Morgan fingerprint density at radius 1 is 0.536 bits per heavy atom. The first-order valence-electron chi connectivity index (χ1n) is 18.8. The van der Waals surface area contributed by atoms with Gasteiger partial charge in [0.2, 0.25) is 11.9 Å². The Balaban J connectivity index is 1.03. The number of ether oxygens (including phenoxy) is 2. The molecule has 2 aliphatic heterocycles. The van der Waals surface area contributed by atoms with Crippen LogP contribution in [0.5, 0.6) is 11.5 Å². The third-order valence-corrected chi connectivity index (χ3v) is 11.0. The number of methoxy groups -OCH3 is 2. The number of rotatable bonds is 11. The van der Waals surface area contributed by atoms with Gasteiger partial charge in [0, 0.05) is 90.9 Å². The summed E-state index contributed by atoms with van der Waals surface area (Å²) in [7, 11) is 6.51. The number of unbranched alkanes of at least 4 members (excludes halogenated alkanes) is 1. The molecule has 56 heavy (non-hydrogen) atoms. The van der Waals surface area contributed by atoms with Crippen molar-refractivity contribution in [2.75, 3.05) is 86.2 Å². The second kappa shape index (κ2) is 15.0. The fourth-order valence-corrected chi connectivity index (χ4v) is 7.81. The smallest absolute Gasteiger partial charge is 0.329 e. The maximum atomic E-state index is 13.3. The van der Waals surface area contributed by atoms with Crippen LogP contribution >= 0.6 is 0 Å². The first-order chi connectivity index (χ1) is 27.1. The van der Waals surface area contributed by atoms with Gasteiger partial charge in [0.1, 0.15) is 11.5 Å². The number of fused-ring (bicyclic) bond motifs is 2. The third kappa shape index (κ3) is 6.64. The van der Waals surface area contributed by atoms with Crippen molar-refractivity contribution in [3.8, 4) is 11.5 Å². The molecule has 0 bridgehead atoms. The average molecular weight is 767 g/mol.